The topological polar surface area (TPSA) is 43.4 Å². The SMILES string of the molecule is O=S(=O)(Oc1c(Br)c(Br)c(Br)c(Br)c1Br)c1cc(Br)c(Br)cc1Br. The smallest absolute Gasteiger partial charge is 0.340 e. The average molecular weight is 865 g/mol. The number of rotatable bonds is 3. The Labute approximate surface area is 205 Å². The summed E-state index contributed by atoms with van der Waals surface area (Å²) in [5.41, 5.74) is 0. The van der Waals surface area contributed by atoms with E-state index in [0.717, 1.165) is 0 Å². The highest BCUT2D eigenvalue weighted by Gasteiger charge is 2.27. The quantitative estimate of drug-likeness (QED) is 0.177. The van der Waals surface area contributed by atoms with Crippen molar-refractivity contribution in [2.75, 3.05) is 0 Å². The molecule has 0 saturated carbocycles. The van der Waals surface area contributed by atoms with Crippen LogP contribution in [0.4, 0.5) is 0 Å². The molecule has 0 spiro atoms. The van der Waals surface area contributed by atoms with Gasteiger partial charge in [-0.3, -0.25) is 0 Å². The van der Waals surface area contributed by atoms with Crippen LogP contribution in [-0.4, -0.2) is 8.42 Å². The predicted octanol–water partition coefficient (Wildman–Crippen LogP) is 8.55. The van der Waals surface area contributed by atoms with E-state index >= 15 is 0 Å². The van der Waals surface area contributed by atoms with E-state index in [1.807, 2.05) is 0 Å². The van der Waals surface area contributed by atoms with Crippen molar-refractivity contribution in [1.29, 1.82) is 0 Å². The molecule has 0 saturated heterocycles. The molecule has 130 valence electrons. The van der Waals surface area contributed by atoms with E-state index in [-0.39, 0.29) is 10.6 Å². The molecule has 0 unspecified atom stereocenters. The highest BCUT2D eigenvalue weighted by Crippen LogP contribution is 2.49. The van der Waals surface area contributed by atoms with Crippen LogP contribution in [-0.2, 0) is 10.1 Å². The van der Waals surface area contributed by atoms with Gasteiger partial charge in [-0.2, -0.15) is 8.42 Å². The van der Waals surface area contributed by atoms with Gasteiger partial charge in [-0.25, -0.2) is 0 Å². The Balaban J connectivity index is 2.62. The second-order valence-electron chi connectivity index (χ2n) is 4.13. The molecule has 24 heavy (non-hydrogen) atoms. The van der Waals surface area contributed by atoms with Crippen LogP contribution < -0.4 is 4.18 Å². The maximum Gasteiger partial charge on any atom is 0.340 e. The minimum atomic E-state index is -4.09. The van der Waals surface area contributed by atoms with Gasteiger partial charge in [0.2, 0.25) is 0 Å². The fourth-order valence-electron chi connectivity index (χ4n) is 1.51. The van der Waals surface area contributed by atoms with Gasteiger partial charge in [0, 0.05) is 17.9 Å². The van der Waals surface area contributed by atoms with Crippen molar-refractivity contribution in [3.8, 4) is 5.75 Å². The first-order valence-electron chi connectivity index (χ1n) is 5.57. The lowest BCUT2D eigenvalue weighted by Crippen LogP contribution is -2.12. The van der Waals surface area contributed by atoms with E-state index in [9.17, 15) is 8.42 Å². The molecule has 0 amide bonds. The summed E-state index contributed by atoms with van der Waals surface area (Å²) >= 11 is 26.7. The molecule has 2 aromatic rings. The Kier molecular flexibility index (Phi) is 7.98. The second kappa shape index (κ2) is 8.59. The molecule has 0 heterocycles. The lowest BCUT2D eigenvalue weighted by atomic mass is 10.3. The maximum absolute atomic E-state index is 12.7. The largest absolute Gasteiger partial charge is 0.376 e. The van der Waals surface area contributed by atoms with E-state index in [1.165, 1.54) is 6.07 Å². The summed E-state index contributed by atoms with van der Waals surface area (Å²) < 4.78 is 35.3. The molecule has 2 rings (SSSR count). The Bertz CT molecular complexity index is 913. The molecule has 0 atom stereocenters. The van der Waals surface area contributed by atoms with Gasteiger partial charge in [0.15, 0.2) is 5.75 Å². The Morgan fingerprint density at radius 3 is 1.54 bits per heavy atom. The zero-order chi connectivity index (χ0) is 18.4. The zero-order valence-electron chi connectivity index (χ0n) is 10.8. The van der Waals surface area contributed by atoms with Crippen molar-refractivity contribution in [2.24, 2.45) is 0 Å². The minimum Gasteiger partial charge on any atom is -0.376 e. The monoisotopic (exact) mass is 857 g/mol. The van der Waals surface area contributed by atoms with Gasteiger partial charge >= 0.3 is 10.1 Å². The lowest BCUT2D eigenvalue weighted by Gasteiger charge is -2.15. The summed E-state index contributed by atoms with van der Waals surface area (Å²) in [4.78, 5) is -0.00783. The molecule has 0 aliphatic carbocycles. The van der Waals surface area contributed by atoms with Crippen molar-refractivity contribution in [3.63, 3.8) is 0 Å². The predicted molar refractivity (Wildman–Crippen MR) is 122 cm³/mol. The first-order chi connectivity index (χ1) is 11.0. The molecule has 0 aliphatic rings. The van der Waals surface area contributed by atoms with Crippen molar-refractivity contribution in [1.82, 2.24) is 0 Å². The van der Waals surface area contributed by atoms with Gasteiger partial charge in [-0.05, 0) is 140 Å². The van der Waals surface area contributed by atoms with Gasteiger partial charge in [0.25, 0.3) is 0 Å². The lowest BCUT2D eigenvalue weighted by molar-refractivity contribution is 0.482. The molecule has 0 N–H and O–H groups in total. The van der Waals surface area contributed by atoms with E-state index in [0.29, 0.717) is 35.8 Å². The van der Waals surface area contributed by atoms with Crippen LogP contribution >= 0.6 is 127 Å². The fourth-order valence-corrected chi connectivity index (χ4v) is 8.01. The van der Waals surface area contributed by atoms with Crippen LogP contribution in [0.2, 0.25) is 0 Å². The van der Waals surface area contributed by atoms with Gasteiger partial charge in [-0.15, -0.1) is 0 Å². The summed E-state index contributed by atoms with van der Waals surface area (Å²) in [6.07, 6.45) is 0. The van der Waals surface area contributed by atoms with Crippen molar-refractivity contribution >= 4 is 138 Å². The fraction of sp³-hybridized carbons (Fsp3) is 0. The van der Waals surface area contributed by atoms with Gasteiger partial charge in [0.1, 0.15) is 4.90 Å². The van der Waals surface area contributed by atoms with Crippen molar-refractivity contribution in [3.05, 3.63) is 47.9 Å². The number of halogens is 8. The number of hydrogen-bond donors (Lipinski definition) is 0. The third-order valence-electron chi connectivity index (χ3n) is 2.61. The Hall–Kier alpha value is 2.03. The Morgan fingerprint density at radius 2 is 1.04 bits per heavy atom. The summed E-state index contributed by atoms with van der Waals surface area (Å²) in [5, 5.41) is 0. The van der Waals surface area contributed by atoms with E-state index in [2.05, 4.69) is 127 Å². The molecule has 0 radical (unpaired) electrons. The molecule has 2 aromatic carbocycles. The third kappa shape index (κ3) is 4.53. The van der Waals surface area contributed by atoms with Crippen LogP contribution in [0, 0.1) is 0 Å². The maximum atomic E-state index is 12.7. The molecule has 3 nitrogen and oxygen atoms in total. The number of benzene rings is 2. The standard InChI is InChI=1S/C12H2Br8O3S/c13-3-1-5(15)6(2-4(3)14)24(21,22)23-12-10(19)8(17)7(16)9(18)11(12)20/h1-2H. The summed E-state index contributed by atoms with van der Waals surface area (Å²) in [6, 6.07) is 3.08. The molecular weight excluding hydrogens is 863 g/mol. The molecular formula is C12H2Br8O3S. The molecule has 0 aromatic heterocycles. The van der Waals surface area contributed by atoms with Crippen LogP contribution in [0.15, 0.2) is 52.8 Å². The van der Waals surface area contributed by atoms with Crippen LogP contribution in [0.5, 0.6) is 5.75 Å². The van der Waals surface area contributed by atoms with Crippen molar-refractivity contribution < 1.29 is 12.6 Å². The molecule has 0 fully saturated rings. The van der Waals surface area contributed by atoms with Crippen LogP contribution in [0.1, 0.15) is 0 Å². The summed E-state index contributed by atoms with van der Waals surface area (Å²) in [7, 11) is -4.09. The van der Waals surface area contributed by atoms with Crippen LogP contribution in [0.25, 0.3) is 0 Å². The zero-order valence-corrected chi connectivity index (χ0v) is 24.3. The Morgan fingerprint density at radius 1 is 0.625 bits per heavy atom. The highest BCUT2D eigenvalue weighted by molar-refractivity contribution is 9.16. The van der Waals surface area contributed by atoms with E-state index in [1.54, 1.807) is 6.07 Å². The van der Waals surface area contributed by atoms with Gasteiger partial charge in [-0.1, -0.05) is 0 Å². The molecule has 0 aliphatic heterocycles. The van der Waals surface area contributed by atoms with E-state index in [4.69, 9.17) is 4.18 Å². The summed E-state index contributed by atoms with van der Waals surface area (Å²) in [5.74, 6) is 0.114. The number of hydrogen-bond acceptors (Lipinski definition) is 3. The van der Waals surface area contributed by atoms with Gasteiger partial charge < -0.3 is 4.18 Å². The molecule has 0 bridgehead atoms. The molecule has 12 heteroatoms. The first kappa shape index (κ1) is 22.3. The van der Waals surface area contributed by atoms with E-state index < -0.39 is 10.1 Å². The second-order valence-corrected chi connectivity index (χ2v) is 12.2. The highest BCUT2D eigenvalue weighted by atomic mass is 79.9. The van der Waals surface area contributed by atoms with Crippen molar-refractivity contribution in [2.45, 2.75) is 4.90 Å². The van der Waals surface area contributed by atoms with Gasteiger partial charge in [0.05, 0.1) is 17.9 Å². The first-order valence-corrected chi connectivity index (χ1v) is 13.3. The van der Waals surface area contributed by atoms with Crippen LogP contribution in [0.3, 0.4) is 0 Å². The normalized spacial score (nSPS) is 11.7. The average Bonchev–Trinajstić information content (AvgIpc) is 2.51. The third-order valence-corrected chi connectivity index (χ3v) is 12.7. The minimum absolute atomic E-state index is 0.00783. The summed E-state index contributed by atoms with van der Waals surface area (Å²) in [6.45, 7) is 0.